The SMILES string of the molecule is CC1(C)CN(C(=O)CCc2ccc(=O)[nH]c2)C1c1nccn1CC1CC1. The number of aromatic nitrogens is 3. The van der Waals surface area contributed by atoms with Crippen molar-refractivity contribution in [1.29, 1.82) is 0 Å². The molecule has 1 atom stereocenters. The van der Waals surface area contributed by atoms with Gasteiger partial charge in [-0.2, -0.15) is 0 Å². The molecule has 1 aliphatic carbocycles. The Morgan fingerprint density at radius 2 is 2.15 bits per heavy atom. The molecule has 0 radical (unpaired) electrons. The van der Waals surface area contributed by atoms with Gasteiger partial charge in [-0.15, -0.1) is 0 Å². The van der Waals surface area contributed by atoms with E-state index in [1.807, 2.05) is 17.3 Å². The van der Waals surface area contributed by atoms with E-state index in [1.54, 1.807) is 12.3 Å². The first-order chi connectivity index (χ1) is 12.4. The standard InChI is InChI=1S/C20H26N4O2/c1-20(2)13-24(17(26)8-6-14-5-7-16(25)22-11-14)18(20)19-21-9-10-23(19)12-15-3-4-15/h5,7,9-11,15,18H,3-4,6,8,12-13H2,1-2H3,(H,22,25). The van der Waals surface area contributed by atoms with Crippen molar-refractivity contribution < 1.29 is 4.79 Å². The van der Waals surface area contributed by atoms with E-state index in [9.17, 15) is 9.59 Å². The summed E-state index contributed by atoms with van der Waals surface area (Å²) in [6, 6.07) is 3.33. The van der Waals surface area contributed by atoms with Crippen molar-refractivity contribution in [3.63, 3.8) is 0 Å². The number of hydrogen-bond donors (Lipinski definition) is 1. The van der Waals surface area contributed by atoms with Crippen molar-refractivity contribution in [1.82, 2.24) is 19.4 Å². The highest BCUT2D eigenvalue weighted by molar-refractivity contribution is 5.78. The smallest absolute Gasteiger partial charge is 0.247 e. The molecular formula is C20H26N4O2. The van der Waals surface area contributed by atoms with E-state index in [0.29, 0.717) is 12.8 Å². The molecule has 0 aromatic carbocycles. The number of amides is 1. The Morgan fingerprint density at radius 1 is 1.35 bits per heavy atom. The van der Waals surface area contributed by atoms with Crippen LogP contribution in [0.4, 0.5) is 0 Å². The molecule has 1 saturated carbocycles. The summed E-state index contributed by atoms with van der Waals surface area (Å²) in [7, 11) is 0. The molecule has 0 spiro atoms. The third kappa shape index (κ3) is 3.32. The normalized spacial score (nSPS) is 21.5. The van der Waals surface area contributed by atoms with Crippen molar-refractivity contribution >= 4 is 5.91 Å². The average molecular weight is 354 g/mol. The number of hydrogen-bond acceptors (Lipinski definition) is 3. The van der Waals surface area contributed by atoms with Gasteiger partial charge in [0.25, 0.3) is 0 Å². The Morgan fingerprint density at radius 3 is 2.81 bits per heavy atom. The van der Waals surface area contributed by atoms with Crippen molar-refractivity contribution in [3.05, 3.63) is 52.5 Å². The average Bonchev–Trinajstić information content (AvgIpc) is 3.31. The van der Waals surface area contributed by atoms with Crippen molar-refractivity contribution in [2.24, 2.45) is 11.3 Å². The summed E-state index contributed by atoms with van der Waals surface area (Å²) in [4.78, 5) is 33.2. The highest BCUT2D eigenvalue weighted by atomic mass is 16.2. The van der Waals surface area contributed by atoms with Gasteiger partial charge in [0.15, 0.2) is 0 Å². The van der Waals surface area contributed by atoms with Crippen LogP contribution in [-0.4, -0.2) is 31.9 Å². The lowest BCUT2D eigenvalue weighted by molar-refractivity contribution is -0.153. The lowest BCUT2D eigenvalue weighted by Crippen LogP contribution is -2.58. The fraction of sp³-hybridized carbons (Fsp3) is 0.550. The largest absolute Gasteiger partial charge is 0.333 e. The third-order valence-corrected chi connectivity index (χ3v) is 5.57. The van der Waals surface area contributed by atoms with Crippen LogP contribution in [0.2, 0.25) is 0 Å². The van der Waals surface area contributed by atoms with Crippen LogP contribution in [0.3, 0.4) is 0 Å². The van der Waals surface area contributed by atoms with Gasteiger partial charge in [0.05, 0.1) is 6.04 Å². The van der Waals surface area contributed by atoms with Crippen LogP contribution >= 0.6 is 0 Å². The second kappa shape index (κ2) is 6.41. The molecule has 6 nitrogen and oxygen atoms in total. The number of rotatable bonds is 6. The Balaban J connectivity index is 1.45. The van der Waals surface area contributed by atoms with E-state index in [0.717, 1.165) is 30.4 Å². The molecular weight excluding hydrogens is 328 g/mol. The number of aryl methyl sites for hydroxylation is 1. The maximum atomic E-state index is 12.8. The predicted octanol–water partition coefficient (Wildman–Crippen LogP) is 2.52. The molecule has 4 rings (SSSR count). The Kier molecular flexibility index (Phi) is 4.21. The first-order valence-corrected chi connectivity index (χ1v) is 9.42. The van der Waals surface area contributed by atoms with Crippen molar-refractivity contribution in [3.8, 4) is 0 Å². The van der Waals surface area contributed by atoms with Crippen LogP contribution in [0.25, 0.3) is 0 Å². The van der Waals surface area contributed by atoms with E-state index in [1.165, 1.54) is 18.9 Å². The lowest BCUT2D eigenvalue weighted by Gasteiger charge is -2.53. The van der Waals surface area contributed by atoms with Gasteiger partial charge in [0.2, 0.25) is 11.5 Å². The molecule has 1 saturated heterocycles. The number of likely N-dealkylation sites (tertiary alicyclic amines) is 1. The molecule has 1 N–H and O–H groups in total. The number of nitrogens with one attached hydrogen (secondary N) is 1. The number of H-pyrrole nitrogens is 1. The van der Waals surface area contributed by atoms with Crippen LogP contribution in [0.15, 0.2) is 35.5 Å². The minimum Gasteiger partial charge on any atom is -0.333 e. The Hall–Kier alpha value is -2.37. The first kappa shape index (κ1) is 17.1. The zero-order chi connectivity index (χ0) is 18.3. The summed E-state index contributed by atoms with van der Waals surface area (Å²) in [5, 5.41) is 0. The Labute approximate surface area is 153 Å². The molecule has 2 aromatic heterocycles. The lowest BCUT2D eigenvalue weighted by atomic mass is 9.74. The van der Waals surface area contributed by atoms with Crippen LogP contribution in [-0.2, 0) is 17.8 Å². The van der Waals surface area contributed by atoms with Gasteiger partial charge in [-0.25, -0.2) is 4.98 Å². The quantitative estimate of drug-likeness (QED) is 0.866. The highest BCUT2D eigenvalue weighted by Gasteiger charge is 2.50. The highest BCUT2D eigenvalue weighted by Crippen LogP contribution is 2.48. The molecule has 0 bridgehead atoms. The molecule has 1 unspecified atom stereocenters. The summed E-state index contributed by atoms with van der Waals surface area (Å²) in [5.74, 6) is 1.95. The van der Waals surface area contributed by atoms with Crippen molar-refractivity contribution in [2.45, 2.75) is 52.1 Å². The molecule has 1 aliphatic heterocycles. The molecule has 6 heteroatoms. The van der Waals surface area contributed by atoms with Gasteiger partial charge in [-0.05, 0) is 30.7 Å². The maximum Gasteiger partial charge on any atom is 0.247 e. The topological polar surface area (TPSA) is 71.0 Å². The van der Waals surface area contributed by atoms with E-state index >= 15 is 0 Å². The number of aromatic amines is 1. The molecule has 1 amide bonds. The van der Waals surface area contributed by atoms with Gasteiger partial charge in [0, 0.05) is 49.6 Å². The first-order valence-electron chi connectivity index (χ1n) is 9.42. The summed E-state index contributed by atoms with van der Waals surface area (Å²) >= 11 is 0. The predicted molar refractivity (Wildman–Crippen MR) is 98.6 cm³/mol. The van der Waals surface area contributed by atoms with Gasteiger partial charge < -0.3 is 14.5 Å². The second-order valence-electron chi connectivity index (χ2n) is 8.36. The fourth-order valence-electron chi connectivity index (χ4n) is 3.94. The monoisotopic (exact) mass is 354 g/mol. The fourth-order valence-corrected chi connectivity index (χ4v) is 3.94. The van der Waals surface area contributed by atoms with E-state index in [4.69, 9.17) is 0 Å². The number of pyridine rings is 1. The number of nitrogens with zero attached hydrogens (tertiary/aromatic N) is 3. The van der Waals surface area contributed by atoms with Gasteiger partial charge in [0.1, 0.15) is 5.82 Å². The zero-order valence-electron chi connectivity index (χ0n) is 15.4. The summed E-state index contributed by atoms with van der Waals surface area (Å²) in [5.41, 5.74) is 0.900. The summed E-state index contributed by atoms with van der Waals surface area (Å²) in [6.45, 7) is 6.19. The van der Waals surface area contributed by atoms with E-state index < -0.39 is 0 Å². The molecule has 138 valence electrons. The molecule has 3 heterocycles. The molecule has 2 aliphatic rings. The number of carbonyl (C=O) groups excluding carboxylic acids is 1. The number of carbonyl (C=O) groups is 1. The molecule has 26 heavy (non-hydrogen) atoms. The van der Waals surface area contributed by atoms with E-state index in [-0.39, 0.29) is 22.9 Å². The minimum atomic E-state index is -0.118. The van der Waals surface area contributed by atoms with Crippen LogP contribution in [0.5, 0.6) is 0 Å². The number of imidazole rings is 1. The summed E-state index contributed by atoms with van der Waals surface area (Å²) in [6.07, 6.45) is 9.27. The van der Waals surface area contributed by atoms with Crippen molar-refractivity contribution in [2.75, 3.05) is 6.54 Å². The van der Waals surface area contributed by atoms with Gasteiger partial charge in [-0.1, -0.05) is 19.9 Å². The maximum absolute atomic E-state index is 12.8. The van der Waals surface area contributed by atoms with Crippen LogP contribution < -0.4 is 5.56 Å². The van der Waals surface area contributed by atoms with Crippen LogP contribution in [0, 0.1) is 11.3 Å². The van der Waals surface area contributed by atoms with E-state index in [2.05, 4.69) is 28.4 Å². The molecule has 2 fully saturated rings. The second-order valence-corrected chi connectivity index (χ2v) is 8.36. The van der Waals surface area contributed by atoms with Gasteiger partial charge >= 0.3 is 0 Å². The molecule has 2 aromatic rings. The van der Waals surface area contributed by atoms with Crippen LogP contribution in [0.1, 0.15) is 50.5 Å². The summed E-state index contributed by atoms with van der Waals surface area (Å²) < 4.78 is 2.24. The van der Waals surface area contributed by atoms with Gasteiger partial charge in [-0.3, -0.25) is 9.59 Å². The zero-order valence-corrected chi connectivity index (χ0v) is 15.4. The minimum absolute atomic E-state index is 0.0410. The Bertz CT molecular complexity index is 842. The third-order valence-electron chi connectivity index (χ3n) is 5.57.